The molecule has 0 aliphatic heterocycles. The molecule has 104 valence electrons. The van der Waals surface area contributed by atoms with E-state index in [0.717, 1.165) is 4.88 Å². The molecule has 0 aliphatic carbocycles. The van der Waals surface area contributed by atoms with Gasteiger partial charge in [0.25, 0.3) is 0 Å². The number of sulfonamides is 1. The molecule has 2 aromatic rings. The molecule has 2 rings (SSSR count). The van der Waals surface area contributed by atoms with E-state index in [9.17, 15) is 8.42 Å². The minimum absolute atomic E-state index is 0.190. The van der Waals surface area contributed by atoms with Crippen molar-refractivity contribution in [3.63, 3.8) is 0 Å². The summed E-state index contributed by atoms with van der Waals surface area (Å²) in [5, 5.41) is 10.8. The first kappa shape index (κ1) is 14.7. The van der Waals surface area contributed by atoms with E-state index in [1.165, 1.54) is 21.7 Å². The minimum atomic E-state index is -3.59. The molecular formula is C14H14N2O2S2. The fraction of sp³-hybridized carbons (Fsp3) is 0.214. The summed E-state index contributed by atoms with van der Waals surface area (Å²) in [6.45, 7) is 2.06. The van der Waals surface area contributed by atoms with Crippen molar-refractivity contribution >= 4 is 21.4 Å². The van der Waals surface area contributed by atoms with Gasteiger partial charge in [0, 0.05) is 18.5 Å². The molecule has 0 fully saturated rings. The van der Waals surface area contributed by atoms with Gasteiger partial charge in [-0.05, 0) is 36.1 Å². The molecule has 1 aromatic heterocycles. The summed E-state index contributed by atoms with van der Waals surface area (Å²) < 4.78 is 26.4. The highest BCUT2D eigenvalue weighted by Gasteiger charge is 2.23. The van der Waals surface area contributed by atoms with Crippen LogP contribution in [0.1, 0.15) is 16.0 Å². The zero-order valence-corrected chi connectivity index (χ0v) is 12.8. The first-order valence-corrected chi connectivity index (χ1v) is 8.26. The summed E-state index contributed by atoms with van der Waals surface area (Å²) in [5.74, 6) is 0. The molecule has 0 unspecified atom stereocenters. The van der Waals surface area contributed by atoms with Crippen LogP contribution >= 0.6 is 11.3 Å². The largest absolute Gasteiger partial charge is 0.243 e. The fourth-order valence-corrected chi connectivity index (χ4v) is 4.06. The maximum Gasteiger partial charge on any atom is 0.243 e. The smallest absolute Gasteiger partial charge is 0.207 e. The normalized spacial score (nSPS) is 11.5. The predicted octanol–water partition coefficient (Wildman–Crippen LogP) is 2.75. The summed E-state index contributed by atoms with van der Waals surface area (Å²) in [6.07, 6.45) is 0. The Labute approximate surface area is 123 Å². The van der Waals surface area contributed by atoms with E-state index in [4.69, 9.17) is 5.26 Å². The van der Waals surface area contributed by atoms with Crippen LogP contribution in [0.2, 0.25) is 0 Å². The van der Waals surface area contributed by atoms with Crippen LogP contribution in [0.15, 0.2) is 40.6 Å². The molecule has 0 atom stereocenters. The topological polar surface area (TPSA) is 61.2 Å². The van der Waals surface area contributed by atoms with Gasteiger partial charge in [0.1, 0.15) is 0 Å². The molecule has 6 heteroatoms. The number of rotatable bonds is 4. The number of aryl methyl sites for hydroxylation is 1. The quantitative estimate of drug-likeness (QED) is 0.872. The number of thiophene rings is 1. The van der Waals surface area contributed by atoms with E-state index in [0.29, 0.717) is 17.7 Å². The molecule has 0 aliphatic rings. The van der Waals surface area contributed by atoms with Crippen LogP contribution in [0, 0.1) is 18.3 Å². The van der Waals surface area contributed by atoms with Crippen LogP contribution in [0.5, 0.6) is 0 Å². The van der Waals surface area contributed by atoms with Crippen LogP contribution in [0.4, 0.5) is 0 Å². The van der Waals surface area contributed by atoms with Crippen LogP contribution < -0.4 is 0 Å². The molecular weight excluding hydrogens is 292 g/mol. The Balaban J connectivity index is 2.37. The Morgan fingerprint density at radius 1 is 1.35 bits per heavy atom. The third-order valence-electron chi connectivity index (χ3n) is 2.96. The molecule has 0 spiro atoms. The Morgan fingerprint density at radius 3 is 2.70 bits per heavy atom. The summed E-state index contributed by atoms with van der Waals surface area (Å²) in [5.41, 5.74) is 0.987. The number of hydrogen-bond acceptors (Lipinski definition) is 4. The van der Waals surface area contributed by atoms with E-state index in [1.54, 1.807) is 26.1 Å². The Bertz CT molecular complexity index is 744. The fourth-order valence-electron chi connectivity index (χ4n) is 1.82. The van der Waals surface area contributed by atoms with E-state index in [-0.39, 0.29) is 4.90 Å². The van der Waals surface area contributed by atoms with Gasteiger partial charge in [-0.3, -0.25) is 0 Å². The molecule has 4 nitrogen and oxygen atoms in total. The first-order chi connectivity index (χ1) is 9.45. The molecule has 1 heterocycles. The summed E-state index contributed by atoms with van der Waals surface area (Å²) in [7, 11) is -2.04. The van der Waals surface area contributed by atoms with Crippen molar-refractivity contribution in [1.82, 2.24) is 4.31 Å². The molecule has 0 saturated carbocycles. The van der Waals surface area contributed by atoms with E-state index < -0.39 is 10.0 Å². The van der Waals surface area contributed by atoms with Gasteiger partial charge in [-0.25, -0.2) is 8.42 Å². The first-order valence-electron chi connectivity index (χ1n) is 5.94. The van der Waals surface area contributed by atoms with Gasteiger partial charge in [0.2, 0.25) is 10.0 Å². The Hall–Kier alpha value is -1.68. The number of nitriles is 1. The van der Waals surface area contributed by atoms with Crippen LogP contribution in [-0.4, -0.2) is 19.8 Å². The average molecular weight is 306 g/mol. The second kappa shape index (κ2) is 5.75. The van der Waals surface area contributed by atoms with Crippen LogP contribution in [0.25, 0.3) is 0 Å². The number of hydrogen-bond donors (Lipinski definition) is 0. The molecule has 20 heavy (non-hydrogen) atoms. The lowest BCUT2D eigenvalue weighted by molar-refractivity contribution is 0.469. The van der Waals surface area contributed by atoms with Crippen molar-refractivity contribution in [1.29, 1.82) is 5.26 Å². The lowest BCUT2D eigenvalue weighted by atomic mass is 10.2. The van der Waals surface area contributed by atoms with Gasteiger partial charge in [0.15, 0.2) is 0 Å². The average Bonchev–Trinajstić information content (AvgIpc) is 2.92. The van der Waals surface area contributed by atoms with Crippen molar-refractivity contribution in [3.8, 4) is 6.07 Å². The predicted molar refractivity (Wildman–Crippen MR) is 78.9 cm³/mol. The maximum atomic E-state index is 12.6. The third kappa shape index (κ3) is 2.90. The van der Waals surface area contributed by atoms with Crippen molar-refractivity contribution in [2.24, 2.45) is 0 Å². The maximum absolute atomic E-state index is 12.6. The summed E-state index contributed by atoms with van der Waals surface area (Å²) in [6, 6.07) is 10.5. The van der Waals surface area contributed by atoms with Gasteiger partial charge in [-0.1, -0.05) is 12.1 Å². The lowest BCUT2D eigenvalue weighted by Gasteiger charge is -2.18. The lowest BCUT2D eigenvalue weighted by Crippen LogP contribution is -2.26. The molecule has 0 saturated heterocycles. The molecule has 0 radical (unpaired) electrons. The van der Waals surface area contributed by atoms with Gasteiger partial charge in [-0.2, -0.15) is 9.57 Å². The van der Waals surface area contributed by atoms with Crippen molar-refractivity contribution in [2.45, 2.75) is 18.4 Å². The molecule has 0 N–H and O–H groups in total. The molecule has 0 bridgehead atoms. The number of nitrogens with zero attached hydrogens (tertiary/aromatic N) is 2. The van der Waals surface area contributed by atoms with Gasteiger partial charge >= 0.3 is 0 Å². The highest BCUT2D eigenvalue weighted by atomic mass is 32.2. The highest BCUT2D eigenvalue weighted by molar-refractivity contribution is 7.89. The minimum Gasteiger partial charge on any atom is -0.207 e. The summed E-state index contributed by atoms with van der Waals surface area (Å²) in [4.78, 5) is 1.17. The zero-order valence-electron chi connectivity index (χ0n) is 11.2. The second-order valence-electron chi connectivity index (χ2n) is 4.43. The monoisotopic (exact) mass is 306 g/mol. The van der Waals surface area contributed by atoms with Crippen molar-refractivity contribution < 1.29 is 8.42 Å². The second-order valence-corrected chi connectivity index (χ2v) is 7.48. The summed E-state index contributed by atoms with van der Waals surface area (Å²) >= 11 is 1.52. The molecule has 0 amide bonds. The van der Waals surface area contributed by atoms with E-state index >= 15 is 0 Å². The standard InChI is InChI=1S/C14H14N2O2S2/c1-11-5-6-12(9-15)8-14(11)20(17,18)16(2)10-13-4-3-7-19-13/h3-8H,10H2,1-2H3. The van der Waals surface area contributed by atoms with Gasteiger partial charge in [-0.15, -0.1) is 11.3 Å². The Morgan fingerprint density at radius 2 is 2.10 bits per heavy atom. The highest BCUT2D eigenvalue weighted by Crippen LogP contribution is 2.22. The van der Waals surface area contributed by atoms with Crippen LogP contribution in [-0.2, 0) is 16.6 Å². The SMILES string of the molecule is Cc1ccc(C#N)cc1S(=O)(=O)N(C)Cc1cccs1. The van der Waals surface area contributed by atoms with E-state index in [1.807, 2.05) is 23.6 Å². The van der Waals surface area contributed by atoms with Crippen molar-refractivity contribution in [2.75, 3.05) is 7.05 Å². The zero-order chi connectivity index (χ0) is 14.8. The van der Waals surface area contributed by atoms with Gasteiger partial charge in [0.05, 0.1) is 16.5 Å². The third-order valence-corrected chi connectivity index (χ3v) is 5.77. The molecule has 1 aromatic carbocycles. The Kier molecular flexibility index (Phi) is 4.23. The van der Waals surface area contributed by atoms with E-state index in [2.05, 4.69) is 0 Å². The number of benzene rings is 1. The van der Waals surface area contributed by atoms with Gasteiger partial charge < -0.3 is 0 Å². The van der Waals surface area contributed by atoms with Crippen molar-refractivity contribution in [3.05, 3.63) is 51.7 Å². The van der Waals surface area contributed by atoms with Crippen LogP contribution in [0.3, 0.4) is 0 Å².